The monoisotopic (exact) mass is 802 g/mol. The quantitative estimate of drug-likeness (QED) is 0.133. The van der Waals surface area contributed by atoms with E-state index in [9.17, 15) is 29.1 Å². The highest BCUT2D eigenvalue weighted by atomic mass is 16.8. The molecule has 3 aliphatic rings. The van der Waals surface area contributed by atoms with E-state index in [1.807, 2.05) is 97.9 Å². The first kappa shape index (κ1) is 41.9. The summed E-state index contributed by atoms with van der Waals surface area (Å²) in [5.41, 5.74) is 1.09. The molecule has 15 heteroatoms. The summed E-state index contributed by atoms with van der Waals surface area (Å²) in [4.78, 5) is 62.6. The van der Waals surface area contributed by atoms with Gasteiger partial charge < -0.3 is 47.7 Å². The van der Waals surface area contributed by atoms with Crippen LogP contribution in [0.5, 0.6) is 0 Å². The van der Waals surface area contributed by atoms with Gasteiger partial charge in [0.05, 0.1) is 25.6 Å². The molecule has 58 heavy (non-hydrogen) atoms. The number of esters is 4. The zero-order valence-corrected chi connectivity index (χ0v) is 32.6. The van der Waals surface area contributed by atoms with Crippen LogP contribution in [0.3, 0.4) is 0 Å². The van der Waals surface area contributed by atoms with Crippen LogP contribution in [-0.4, -0.2) is 92.0 Å². The Morgan fingerprint density at radius 1 is 0.707 bits per heavy atom. The predicted octanol–water partition coefficient (Wildman–Crippen LogP) is 5.28. The van der Waals surface area contributed by atoms with E-state index in [0.29, 0.717) is 0 Å². The zero-order chi connectivity index (χ0) is 41.6. The predicted molar refractivity (Wildman–Crippen MR) is 200 cm³/mol. The normalized spacial score (nSPS) is 27.8. The molecule has 1 aliphatic carbocycles. The molecule has 3 aromatic rings. The van der Waals surface area contributed by atoms with Crippen molar-refractivity contribution < 1.29 is 71.7 Å². The third kappa shape index (κ3) is 8.86. The van der Waals surface area contributed by atoms with Crippen LogP contribution in [0.4, 0.5) is 4.79 Å². The molecule has 0 unspecified atom stereocenters. The Balaban J connectivity index is 1.43. The Bertz CT molecular complexity index is 1850. The van der Waals surface area contributed by atoms with Crippen molar-refractivity contribution in [3.8, 4) is 0 Å². The van der Waals surface area contributed by atoms with Crippen molar-refractivity contribution in [2.24, 2.45) is 17.8 Å². The van der Waals surface area contributed by atoms with E-state index in [4.69, 9.17) is 42.6 Å². The number of carbonyl (C=O) groups is 5. The molecule has 10 atom stereocenters. The topological polar surface area (TPSA) is 189 Å². The van der Waals surface area contributed by atoms with Gasteiger partial charge in [0, 0.05) is 38.5 Å². The lowest BCUT2D eigenvalue weighted by Gasteiger charge is -2.46. The van der Waals surface area contributed by atoms with E-state index in [0.717, 1.165) is 30.5 Å². The highest BCUT2D eigenvalue weighted by Crippen LogP contribution is 2.49. The van der Waals surface area contributed by atoms with Crippen molar-refractivity contribution in [3.05, 3.63) is 120 Å². The van der Waals surface area contributed by atoms with Crippen LogP contribution in [0.1, 0.15) is 50.8 Å². The van der Waals surface area contributed by atoms with Gasteiger partial charge in [-0.3, -0.25) is 14.4 Å². The summed E-state index contributed by atoms with van der Waals surface area (Å²) in [7, 11) is 1.23. The Kier molecular flexibility index (Phi) is 13.1. The smallest absolute Gasteiger partial charge is 0.472 e. The largest absolute Gasteiger partial charge is 0.506 e. The molecule has 308 valence electrons. The second-order valence-electron chi connectivity index (χ2n) is 14.3. The second-order valence-corrected chi connectivity index (χ2v) is 14.3. The maximum Gasteiger partial charge on any atom is 0.506 e. The molecule has 0 bridgehead atoms. The van der Waals surface area contributed by atoms with Gasteiger partial charge in [-0.05, 0) is 23.1 Å². The van der Waals surface area contributed by atoms with Crippen molar-refractivity contribution in [1.82, 2.24) is 0 Å². The molecular formula is C43H46O15. The molecule has 0 spiro atoms. The third-order valence-corrected chi connectivity index (χ3v) is 10.6. The van der Waals surface area contributed by atoms with Gasteiger partial charge in [-0.2, -0.15) is 0 Å². The molecule has 2 fully saturated rings. The van der Waals surface area contributed by atoms with Gasteiger partial charge in [0.25, 0.3) is 0 Å². The van der Waals surface area contributed by atoms with Crippen molar-refractivity contribution in [1.29, 1.82) is 0 Å². The fourth-order valence-electron chi connectivity index (χ4n) is 8.27. The van der Waals surface area contributed by atoms with Gasteiger partial charge in [0.15, 0.2) is 18.3 Å². The molecule has 2 aliphatic heterocycles. The lowest BCUT2D eigenvalue weighted by atomic mass is 9.80. The van der Waals surface area contributed by atoms with Crippen molar-refractivity contribution in [2.75, 3.05) is 13.7 Å². The third-order valence-electron chi connectivity index (χ3n) is 10.6. The van der Waals surface area contributed by atoms with Gasteiger partial charge in [-0.25, -0.2) is 9.59 Å². The molecule has 0 radical (unpaired) electrons. The standard InChI is InChI=1S/C43H46O15/c1-24-33(53-25(2)44)21-31-32(39(47)50-5)22-51-40(35(24)31)58-41-38(55-27(4)46)37(54-26(3)45)36(57-42(48)49)34(56-41)23-52-43(28-15-9-6-10-16-28,29-17-11-7-12-18-29)30-19-13-8-14-20-30/h6-20,22,24,31,33-38,40-41H,21,23H2,1-5H3,(H,48,49)/t24-,31+,33-,34+,35+,36+,37-,38+,40-,41-/m0/s1. The van der Waals surface area contributed by atoms with Crippen LogP contribution < -0.4 is 0 Å². The van der Waals surface area contributed by atoms with Crippen LogP contribution >= 0.6 is 0 Å². The molecule has 1 saturated carbocycles. The summed E-state index contributed by atoms with van der Waals surface area (Å²) in [6, 6.07) is 28.2. The Morgan fingerprint density at radius 2 is 1.22 bits per heavy atom. The molecule has 3 aromatic carbocycles. The molecule has 1 N–H and O–H groups in total. The molecule has 2 heterocycles. The minimum atomic E-state index is -1.73. The lowest BCUT2D eigenvalue weighted by molar-refractivity contribution is -0.346. The van der Waals surface area contributed by atoms with Crippen LogP contribution in [-0.2, 0) is 67.4 Å². The van der Waals surface area contributed by atoms with Gasteiger partial charge in [-0.1, -0.05) is 97.9 Å². The van der Waals surface area contributed by atoms with Gasteiger partial charge >= 0.3 is 30.0 Å². The number of hydrogen-bond acceptors (Lipinski definition) is 14. The number of ether oxygens (including phenoxy) is 9. The molecule has 15 nitrogen and oxygen atoms in total. The van der Waals surface area contributed by atoms with Crippen LogP contribution in [0.2, 0.25) is 0 Å². The number of hydrogen-bond donors (Lipinski definition) is 1. The van der Waals surface area contributed by atoms with E-state index in [1.165, 1.54) is 20.3 Å². The van der Waals surface area contributed by atoms with Crippen LogP contribution in [0.25, 0.3) is 0 Å². The summed E-state index contributed by atoms with van der Waals surface area (Å²) in [6.45, 7) is 4.92. The summed E-state index contributed by atoms with van der Waals surface area (Å²) in [5, 5.41) is 10.0. The Morgan fingerprint density at radius 3 is 1.71 bits per heavy atom. The van der Waals surface area contributed by atoms with E-state index >= 15 is 0 Å². The average Bonchev–Trinajstić information content (AvgIpc) is 3.52. The van der Waals surface area contributed by atoms with Crippen LogP contribution in [0, 0.1) is 17.8 Å². The maximum absolute atomic E-state index is 12.9. The molecule has 6 rings (SSSR count). The van der Waals surface area contributed by atoms with Crippen molar-refractivity contribution >= 4 is 30.0 Å². The molecule has 1 saturated heterocycles. The number of benzene rings is 3. The molecule has 0 aromatic heterocycles. The van der Waals surface area contributed by atoms with E-state index in [-0.39, 0.29) is 12.0 Å². The first-order valence-electron chi connectivity index (χ1n) is 18.8. The molecular weight excluding hydrogens is 756 g/mol. The SMILES string of the molecule is COC(=O)C1=CO[C@@H](O[C@@H]2O[C@H](COC(c3ccccc3)(c3ccccc3)c3ccccc3)[C@@H](OC(=O)O)[C@H](OC(C)=O)[C@H]2OC(C)=O)[C@@H]2[C@@H](C)[C@@H](OC(C)=O)C[C@H]12. The molecule has 0 amide bonds. The number of carbonyl (C=O) groups excluding carboxylic acids is 4. The van der Waals surface area contributed by atoms with E-state index in [1.54, 1.807) is 0 Å². The van der Waals surface area contributed by atoms with Gasteiger partial charge in [-0.15, -0.1) is 0 Å². The highest BCUT2D eigenvalue weighted by Gasteiger charge is 2.58. The maximum atomic E-state index is 12.9. The van der Waals surface area contributed by atoms with Crippen molar-refractivity contribution in [3.63, 3.8) is 0 Å². The minimum Gasteiger partial charge on any atom is -0.472 e. The van der Waals surface area contributed by atoms with E-state index in [2.05, 4.69) is 0 Å². The summed E-state index contributed by atoms with van der Waals surface area (Å²) in [5.74, 6) is -4.47. The zero-order valence-electron chi connectivity index (χ0n) is 32.6. The number of rotatable bonds is 13. The fourth-order valence-corrected chi connectivity index (χ4v) is 8.27. The minimum absolute atomic E-state index is 0.202. The number of methoxy groups -OCH3 is 1. The Hall–Kier alpha value is -5.77. The number of fused-ring (bicyclic) bond motifs is 1. The first-order chi connectivity index (χ1) is 27.8. The Labute approximate surface area is 335 Å². The van der Waals surface area contributed by atoms with E-state index < -0.39 is 103 Å². The highest BCUT2D eigenvalue weighted by molar-refractivity contribution is 5.89. The van der Waals surface area contributed by atoms with Crippen LogP contribution in [0.15, 0.2) is 103 Å². The van der Waals surface area contributed by atoms with Gasteiger partial charge in [0.1, 0.15) is 17.8 Å². The average molecular weight is 803 g/mol. The summed E-state index contributed by atoms with van der Waals surface area (Å²) >= 11 is 0. The lowest BCUT2D eigenvalue weighted by Crippen LogP contribution is -2.64. The fraction of sp³-hybridized carbons (Fsp3) is 0.419. The second kappa shape index (κ2) is 18.2. The summed E-state index contributed by atoms with van der Waals surface area (Å²) in [6.07, 6.45) is -9.92. The van der Waals surface area contributed by atoms with Crippen molar-refractivity contribution in [2.45, 2.75) is 82.8 Å². The first-order valence-corrected chi connectivity index (χ1v) is 18.8. The van der Waals surface area contributed by atoms with Gasteiger partial charge in [0.2, 0.25) is 12.6 Å². The summed E-state index contributed by atoms with van der Waals surface area (Å²) < 4.78 is 53.4. The number of carboxylic acid groups (broad SMARTS) is 1.